The van der Waals surface area contributed by atoms with Crippen LogP contribution in [0.2, 0.25) is 0 Å². The van der Waals surface area contributed by atoms with Crippen LogP contribution in [0.3, 0.4) is 0 Å². The quantitative estimate of drug-likeness (QED) is 0.489. The lowest BCUT2D eigenvalue weighted by atomic mass is 9.96. The number of hydrogen-bond acceptors (Lipinski definition) is 4. The third-order valence-corrected chi connectivity index (χ3v) is 4.80. The van der Waals surface area contributed by atoms with Crippen molar-refractivity contribution in [3.63, 3.8) is 0 Å². The van der Waals surface area contributed by atoms with Gasteiger partial charge in [0.15, 0.2) is 0 Å². The van der Waals surface area contributed by atoms with Gasteiger partial charge < -0.3 is 10.5 Å². The molecule has 2 unspecified atom stereocenters. The van der Waals surface area contributed by atoms with Gasteiger partial charge in [-0.15, -0.1) is 0 Å². The first-order chi connectivity index (χ1) is 12.3. The maximum atomic E-state index is 6.11. The topological polar surface area (TPSA) is 59.3 Å². The van der Waals surface area contributed by atoms with E-state index in [2.05, 4.69) is 42.0 Å². The number of nitrogens with one attached hydrogen (secondary N) is 2. The lowest BCUT2D eigenvalue weighted by molar-refractivity contribution is 0.304. The monoisotopic (exact) mass is 339 g/mol. The maximum absolute atomic E-state index is 6.11. The minimum Gasteiger partial charge on any atom is -0.494 e. The first-order valence-corrected chi connectivity index (χ1v) is 9.36. The molecule has 0 spiro atoms. The third-order valence-electron chi connectivity index (χ3n) is 4.80. The number of unbranched alkanes of at least 4 members (excludes halogenated alkanes) is 3. The highest BCUT2D eigenvalue weighted by molar-refractivity contribution is 5.48. The Balaban J connectivity index is 1.57. The highest BCUT2D eigenvalue weighted by atomic mass is 16.5. The summed E-state index contributed by atoms with van der Waals surface area (Å²) in [5.74, 6) is 0.957. The van der Waals surface area contributed by atoms with E-state index >= 15 is 0 Å². The summed E-state index contributed by atoms with van der Waals surface area (Å²) in [5, 5.41) is 0. The standard InChI is InChI=1S/C21H29N3O/c1-2-3-4-7-13-25-17-10-8-9-16(14-17)20-15-21(24-23-20)18-11-5-6-12-19(18)22/h5-6,8-12,14,20-21,23-24H,2-4,7,13,15,22H2,1H3. The molecule has 134 valence electrons. The van der Waals surface area contributed by atoms with Gasteiger partial charge in [0.05, 0.1) is 12.6 Å². The van der Waals surface area contributed by atoms with Gasteiger partial charge in [-0.2, -0.15) is 0 Å². The number of nitrogens with two attached hydrogens (primary N) is 1. The van der Waals surface area contributed by atoms with Gasteiger partial charge in [0.1, 0.15) is 5.75 Å². The maximum Gasteiger partial charge on any atom is 0.119 e. The summed E-state index contributed by atoms with van der Waals surface area (Å²) < 4.78 is 5.92. The second kappa shape index (κ2) is 8.88. The number of anilines is 1. The zero-order chi connectivity index (χ0) is 17.5. The molecule has 0 aromatic heterocycles. The van der Waals surface area contributed by atoms with Crippen molar-refractivity contribution in [3.8, 4) is 5.75 Å². The summed E-state index contributed by atoms with van der Waals surface area (Å²) in [6.07, 6.45) is 5.86. The number of hydrazine groups is 1. The van der Waals surface area contributed by atoms with Crippen molar-refractivity contribution in [2.24, 2.45) is 0 Å². The van der Waals surface area contributed by atoms with Gasteiger partial charge in [0.25, 0.3) is 0 Å². The molecule has 0 radical (unpaired) electrons. The molecule has 1 aliphatic rings. The van der Waals surface area contributed by atoms with Crippen LogP contribution in [0.1, 0.15) is 62.2 Å². The normalized spacial score (nSPS) is 19.9. The molecular weight excluding hydrogens is 310 g/mol. The molecule has 2 aromatic rings. The van der Waals surface area contributed by atoms with Gasteiger partial charge >= 0.3 is 0 Å². The van der Waals surface area contributed by atoms with Crippen LogP contribution in [0.4, 0.5) is 5.69 Å². The average Bonchev–Trinajstić information content (AvgIpc) is 3.12. The molecule has 0 bridgehead atoms. The largest absolute Gasteiger partial charge is 0.494 e. The smallest absolute Gasteiger partial charge is 0.119 e. The summed E-state index contributed by atoms with van der Waals surface area (Å²) in [6.45, 7) is 3.02. The van der Waals surface area contributed by atoms with E-state index in [4.69, 9.17) is 10.5 Å². The van der Waals surface area contributed by atoms with Crippen LogP contribution in [0.25, 0.3) is 0 Å². The summed E-state index contributed by atoms with van der Waals surface area (Å²) in [4.78, 5) is 0. The molecule has 0 saturated carbocycles. The van der Waals surface area contributed by atoms with Crippen molar-refractivity contribution in [1.29, 1.82) is 0 Å². The van der Waals surface area contributed by atoms with E-state index in [9.17, 15) is 0 Å². The number of hydrogen-bond donors (Lipinski definition) is 3. The first kappa shape index (κ1) is 17.8. The Hall–Kier alpha value is -2.04. The number of ether oxygens (including phenoxy) is 1. The van der Waals surface area contributed by atoms with Crippen molar-refractivity contribution in [1.82, 2.24) is 10.9 Å². The van der Waals surface area contributed by atoms with E-state index in [1.807, 2.05) is 24.3 Å². The van der Waals surface area contributed by atoms with Crippen LogP contribution in [0.15, 0.2) is 48.5 Å². The van der Waals surface area contributed by atoms with Crippen LogP contribution in [0.5, 0.6) is 5.75 Å². The molecule has 0 amide bonds. The predicted molar refractivity (Wildman–Crippen MR) is 103 cm³/mol. The Bertz CT molecular complexity index is 674. The van der Waals surface area contributed by atoms with Crippen molar-refractivity contribution >= 4 is 5.69 Å². The molecule has 0 aliphatic carbocycles. The fourth-order valence-corrected chi connectivity index (χ4v) is 3.35. The van der Waals surface area contributed by atoms with Crippen LogP contribution in [-0.2, 0) is 0 Å². The SMILES string of the molecule is CCCCCCOc1cccc(C2CC(c3ccccc3N)NN2)c1. The minimum absolute atomic E-state index is 0.227. The van der Waals surface area contributed by atoms with Gasteiger partial charge in [-0.05, 0) is 42.2 Å². The highest BCUT2D eigenvalue weighted by Crippen LogP contribution is 2.34. The van der Waals surface area contributed by atoms with Gasteiger partial charge in [-0.3, -0.25) is 0 Å². The number of nitrogen functional groups attached to an aromatic ring is 1. The fourth-order valence-electron chi connectivity index (χ4n) is 3.35. The van der Waals surface area contributed by atoms with Crippen LogP contribution < -0.4 is 21.3 Å². The van der Waals surface area contributed by atoms with Gasteiger partial charge in [0.2, 0.25) is 0 Å². The zero-order valence-electron chi connectivity index (χ0n) is 15.0. The second-order valence-electron chi connectivity index (χ2n) is 6.74. The molecule has 1 heterocycles. The van der Waals surface area contributed by atoms with Gasteiger partial charge in [-0.25, -0.2) is 10.9 Å². The third kappa shape index (κ3) is 4.74. The van der Waals surface area contributed by atoms with Crippen LogP contribution in [0, 0.1) is 0 Å². The predicted octanol–water partition coefficient (Wildman–Crippen LogP) is 4.51. The Morgan fingerprint density at radius 2 is 1.84 bits per heavy atom. The molecule has 1 saturated heterocycles. The van der Waals surface area contributed by atoms with Crippen molar-refractivity contribution in [2.45, 2.75) is 51.1 Å². The van der Waals surface area contributed by atoms with Crippen LogP contribution in [-0.4, -0.2) is 6.61 Å². The molecule has 2 aromatic carbocycles. The Morgan fingerprint density at radius 1 is 1.00 bits per heavy atom. The molecule has 4 nitrogen and oxygen atoms in total. The molecular formula is C21H29N3O. The lowest BCUT2D eigenvalue weighted by Crippen LogP contribution is -2.27. The molecule has 1 aliphatic heterocycles. The van der Waals surface area contributed by atoms with Gasteiger partial charge in [0, 0.05) is 11.7 Å². The Kier molecular flexibility index (Phi) is 6.31. The zero-order valence-corrected chi connectivity index (χ0v) is 15.0. The molecule has 1 fully saturated rings. The van der Waals surface area contributed by atoms with E-state index in [1.165, 1.54) is 24.8 Å². The molecule has 2 atom stereocenters. The number of rotatable bonds is 8. The van der Waals surface area contributed by atoms with Crippen molar-refractivity contribution in [2.75, 3.05) is 12.3 Å². The molecule has 4 heteroatoms. The Labute approximate surface area is 150 Å². The highest BCUT2D eigenvalue weighted by Gasteiger charge is 2.27. The van der Waals surface area contributed by atoms with E-state index in [0.717, 1.165) is 36.4 Å². The van der Waals surface area contributed by atoms with Crippen LogP contribution >= 0.6 is 0 Å². The molecule has 25 heavy (non-hydrogen) atoms. The average molecular weight is 339 g/mol. The summed E-state index contributed by atoms with van der Waals surface area (Å²) >= 11 is 0. The lowest BCUT2D eigenvalue weighted by Gasteiger charge is -2.13. The summed E-state index contributed by atoms with van der Waals surface area (Å²) in [7, 11) is 0. The fraction of sp³-hybridized carbons (Fsp3) is 0.429. The van der Waals surface area contributed by atoms with Gasteiger partial charge in [-0.1, -0.05) is 56.5 Å². The Morgan fingerprint density at radius 3 is 2.68 bits per heavy atom. The first-order valence-electron chi connectivity index (χ1n) is 9.36. The minimum atomic E-state index is 0.227. The molecule has 3 rings (SSSR count). The second-order valence-corrected chi connectivity index (χ2v) is 6.74. The number of benzene rings is 2. The van der Waals surface area contributed by atoms with E-state index in [1.54, 1.807) is 0 Å². The van der Waals surface area contributed by atoms with E-state index in [0.29, 0.717) is 0 Å². The van der Waals surface area contributed by atoms with E-state index < -0.39 is 0 Å². The molecule has 4 N–H and O–H groups in total. The number of para-hydroxylation sites is 1. The van der Waals surface area contributed by atoms with Crippen molar-refractivity contribution in [3.05, 3.63) is 59.7 Å². The summed E-state index contributed by atoms with van der Waals surface area (Å²) in [5.41, 5.74) is 16.1. The summed E-state index contributed by atoms with van der Waals surface area (Å²) in [6, 6.07) is 17.0. The van der Waals surface area contributed by atoms with Crippen molar-refractivity contribution < 1.29 is 4.74 Å². The van der Waals surface area contributed by atoms with E-state index in [-0.39, 0.29) is 12.1 Å².